The van der Waals surface area contributed by atoms with Crippen LogP contribution in [-0.2, 0) is 9.53 Å². The number of nitrogens with zero attached hydrogens (tertiary/aromatic N) is 5. The Balaban J connectivity index is 1.46. The van der Waals surface area contributed by atoms with Crippen molar-refractivity contribution in [2.75, 3.05) is 52.1 Å². The number of benzene rings is 1. The molecule has 2 aliphatic heterocycles. The number of nitrogens with one attached hydrogen (secondary N) is 1. The van der Waals surface area contributed by atoms with Crippen LogP contribution in [0.4, 0.5) is 10.6 Å². The number of amides is 2. The van der Waals surface area contributed by atoms with Crippen molar-refractivity contribution in [3.63, 3.8) is 0 Å². The second-order valence-electron chi connectivity index (χ2n) is 9.94. The van der Waals surface area contributed by atoms with Crippen molar-refractivity contribution in [3.8, 4) is 0 Å². The number of hydrogen-bond donors (Lipinski definition) is 1. The molecule has 2 aliphatic rings. The van der Waals surface area contributed by atoms with E-state index in [0.29, 0.717) is 30.8 Å². The van der Waals surface area contributed by atoms with Crippen molar-refractivity contribution in [2.45, 2.75) is 38.3 Å². The topological polar surface area (TPSA) is 90.9 Å². The van der Waals surface area contributed by atoms with Crippen LogP contribution in [0.3, 0.4) is 0 Å². The first kappa shape index (κ1) is 23.7. The number of hydrogen-bond acceptors (Lipinski definition) is 7. The van der Waals surface area contributed by atoms with Crippen LogP contribution >= 0.6 is 15.9 Å². The number of ether oxygens (including phenoxy) is 1. The van der Waals surface area contributed by atoms with E-state index in [1.54, 1.807) is 4.90 Å². The van der Waals surface area contributed by atoms with Crippen LogP contribution in [0.15, 0.2) is 22.7 Å². The molecule has 1 N–H and O–H groups in total. The molecule has 1 aromatic carbocycles. The third-order valence-corrected chi connectivity index (χ3v) is 6.42. The molecule has 2 fully saturated rings. The van der Waals surface area contributed by atoms with Crippen LogP contribution in [0.1, 0.15) is 32.5 Å². The Kier molecular flexibility index (Phi) is 6.50. The highest BCUT2D eigenvalue weighted by Crippen LogP contribution is 2.31. The zero-order valence-electron chi connectivity index (χ0n) is 19.8. The maximum Gasteiger partial charge on any atom is 0.410 e. The first-order chi connectivity index (χ1) is 15.5. The summed E-state index contributed by atoms with van der Waals surface area (Å²) in [6, 6.07) is 6.23. The van der Waals surface area contributed by atoms with Gasteiger partial charge in [-0.15, -0.1) is 0 Å². The fourth-order valence-electron chi connectivity index (χ4n) is 3.81. The van der Waals surface area contributed by atoms with E-state index in [4.69, 9.17) is 14.7 Å². The van der Waals surface area contributed by atoms with Gasteiger partial charge < -0.3 is 24.8 Å². The van der Waals surface area contributed by atoms with E-state index in [1.165, 1.54) is 0 Å². The Morgan fingerprint density at radius 2 is 1.85 bits per heavy atom. The summed E-state index contributed by atoms with van der Waals surface area (Å²) in [6.45, 7) is 8.25. The third-order valence-electron chi connectivity index (χ3n) is 5.93. The summed E-state index contributed by atoms with van der Waals surface area (Å²) in [5.41, 5.74) is 0.271. The van der Waals surface area contributed by atoms with Crippen LogP contribution in [0.5, 0.6) is 0 Å². The van der Waals surface area contributed by atoms with Gasteiger partial charge in [-0.05, 0) is 53.1 Å². The van der Waals surface area contributed by atoms with Gasteiger partial charge in [0.1, 0.15) is 17.2 Å². The number of anilines is 1. The Bertz CT molecular complexity index is 1060. The molecule has 0 unspecified atom stereocenters. The van der Waals surface area contributed by atoms with E-state index in [9.17, 15) is 9.59 Å². The molecule has 33 heavy (non-hydrogen) atoms. The average molecular weight is 519 g/mol. The zero-order chi connectivity index (χ0) is 23.9. The normalized spacial score (nSPS) is 17.2. The molecule has 178 valence electrons. The van der Waals surface area contributed by atoms with Gasteiger partial charge in [-0.25, -0.2) is 14.8 Å². The van der Waals surface area contributed by atoms with Crippen LogP contribution in [-0.4, -0.2) is 95.1 Å². The van der Waals surface area contributed by atoms with Crippen LogP contribution in [0.25, 0.3) is 10.9 Å². The van der Waals surface area contributed by atoms with Gasteiger partial charge >= 0.3 is 6.09 Å². The Morgan fingerprint density at radius 3 is 2.48 bits per heavy atom. The van der Waals surface area contributed by atoms with Gasteiger partial charge in [-0.2, -0.15) is 0 Å². The molecule has 10 heteroatoms. The molecule has 0 atom stereocenters. The van der Waals surface area contributed by atoms with E-state index in [0.717, 1.165) is 28.5 Å². The summed E-state index contributed by atoms with van der Waals surface area (Å²) in [5, 5.41) is 4.08. The summed E-state index contributed by atoms with van der Waals surface area (Å²) in [5.74, 6) is 1.37. The number of aromatic nitrogens is 2. The standard InChI is InChI=1S/C23H31BrN6O3/c1-23(2,3)33-22(32)30-10-14(11-30)20-26-18-7-6-15(24)8-17(18)21(27-20)25-9-19(31)29-12-16(13-29)28(4)5/h6-8,14,16H,9-13H2,1-5H3,(H,25,26,27). The smallest absolute Gasteiger partial charge is 0.410 e. The molecule has 2 saturated heterocycles. The Morgan fingerprint density at radius 1 is 1.15 bits per heavy atom. The Labute approximate surface area is 202 Å². The number of likely N-dealkylation sites (N-methyl/N-ethyl adjacent to an activating group) is 1. The summed E-state index contributed by atoms with van der Waals surface area (Å²) in [6.07, 6.45) is -0.321. The minimum Gasteiger partial charge on any atom is -0.444 e. The van der Waals surface area contributed by atoms with Gasteiger partial charge in [0.2, 0.25) is 5.91 Å². The summed E-state index contributed by atoms with van der Waals surface area (Å²) < 4.78 is 6.36. The second-order valence-corrected chi connectivity index (χ2v) is 10.9. The van der Waals surface area contributed by atoms with Crippen molar-refractivity contribution in [1.82, 2.24) is 24.7 Å². The minimum atomic E-state index is -0.526. The monoisotopic (exact) mass is 518 g/mol. The summed E-state index contributed by atoms with van der Waals surface area (Å²) in [7, 11) is 4.06. The van der Waals surface area contributed by atoms with E-state index in [1.807, 2.05) is 58.0 Å². The molecule has 2 aromatic rings. The SMILES string of the molecule is CN(C)C1CN(C(=O)CNc2nc(C3CN(C(=O)OC(C)(C)C)C3)nc3ccc(Br)cc23)C1. The van der Waals surface area contributed by atoms with Crippen LogP contribution in [0, 0.1) is 0 Å². The molecule has 0 aliphatic carbocycles. The number of rotatable bonds is 5. The predicted octanol–water partition coefficient (Wildman–Crippen LogP) is 2.91. The maximum absolute atomic E-state index is 12.6. The number of likely N-dealkylation sites (tertiary alicyclic amines) is 2. The molecule has 0 radical (unpaired) electrons. The van der Waals surface area contributed by atoms with E-state index < -0.39 is 5.60 Å². The summed E-state index contributed by atoms with van der Waals surface area (Å²) in [4.78, 5) is 40.0. The first-order valence-electron chi connectivity index (χ1n) is 11.1. The number of halogens is 1. The molecule has 0 spiro atoms. The predicted molar refractivity (Wildman–Crippen MR) is 130 cm³/mol. The highest BCUT2D eigenvalue weighted by molar-refractivity contribution is 9.10. The second kappa shape index (κ2) is 9.06. The van der Waals surface area contributed by atoms with Crippen molar-refractivity contribution >= 4 is 44.7 Å². The lowest BCUT2D eigenvalue weighted by molar-refractivity contribution is -0.135. The molecular formula is C23H31BrN6O3. The molecule has 3 heterocycles. The molecule has 0 saturated carbocycles. The van der Waals surface area contributed by atoms with Gasteiger partial charge in [-0.1, -0.05) is 15.9 Å². The van der Waals surface area contributed by atoms with Crippen molar-refractivity contribution in [1.29, 1.82) is 0 Å². The lowest BCUT2D eigenvalue weighted by atomic mass is 9.99. The molecular weight excluding hydrogens is 488 g/mol. The van der Waals surface area contributed by atoms with Gasteiger partial charge in [0.05, 0.1) is 18.0 Å². The van der Waals surface area contributed by atoms with Gasteiger partial charge in [0.15, 0.2) is 0 Å². The van der Waals surface area contributed by atoms with Crippen molar-refractivity contribution in [2.24, 2.45) is 0 Å². The fraction of sp³-hybridized carbons (Fsp3) is 0.565. The minimum absolute atomic E-state index is 0.0260. The van der Waals surface area contributed by atoms with Crippen molar-refractivity contribution in [3.05, 3.63) is 28.5 Å². The third kappa shape index (κ3) is 5.38. The zero-order valence-corrected chi connectivity index (χ0v) is 21.3. The lowest BCUT2D eigenvalue weighted by Gasteiger charge is -2.42. The molecule has 9 nitrogen and oxygen atoms in total. The van der Waals surface area contributed by atoms with Crippen molar-refractivity contribution < 1.29 is 14.3 Å². The lowest BCUT2D eigenvalue weighted by Crippen LogP contribution is -2.60. The van der Waals surface area contributed by atoms with Crippen LogP contribution < -0.4 is 5.32 Å². The fourth-order valence-corrected chi connectivity index (χ4v) is 4.17. The van der Waals surface area contributed by atoms with E-state index in [-0.39, 0.29) is 24.5 Å². The largest absolute Gasteiger partial charge is 0.444 e. The average Bonchev–Trinajstić information content (AvgIpc) is 2.62. The molecule has 4 rings (SSSR count). The Hall–Kier alpha value is -2.46. The molecule has 1 aromatic heterocycles. The number of carbonyl (C=O) groups excluding carboxylic acids is 2. The van der Waals surface area contributed by atoms with Gasteiger partial charge in [0.25, 0.3) is 0 Å². The highest BCUT2D eigenvalue weighted by Gasteiger charge is 2.37. The quantitative estimate of drug-likeness (QED) is 0.650. The van der Waals surface area contributed by atoms with E-state index in [2.05, 4.69) is 26.1 Å². The molecule has 0 bridgehead atoms. The number of fused-ring (bicyclic) bond motifs is 1. The highest BCUT2D eigenvalue weighted by atomic mass is 79.9. The van der Waals surface area contributed by atoms with Gasteiger partial charge in [0, 0.05) is 42.1 Å². The molecule has 2 amide bonds. The first-order valence-corrected chi connectivity index (χ1v) is 11.9. The van der Waals surface area contributed by atoms with Gasteiger partial charge in [-0.3, -0.25) is 4.79 Å². The van der Waals surface area contributed by atoms with E-state index >= 15 is 0 Å². The number of carbonyl (C=O) groups is 2. The van der Waals surface area contributed by atoms with Crippen LogP contribution in [0.2, 0.25) is 0 Å². The summed E-state index contributed by atoms with van der Waals surface area (Å²) >= 11 is 3.51. The maximum atomic E-state index is 12.6.